The van der Waals surface area contributed by atoms with E-state index in [1.807, 2.05) is 0 Å². The van der Waals surface area contributed by atoms with E-state index >= 15 is 19.2 Å². The monoisotopic (exact) mass is 1510 g/mol. The highest BCUT2D eigenvalue weighted by Crippen LogP contribution is 2.59. The van der Waals surface area contributed by atoms with Gasteiger partial charge in [-0.3, -0.25) is 19.2 Å². The quantitative estimate of drug-likeness (QED) is 0.0646. The van der Waals surface area contributed by atoms with Crippen molar-refractivity contribution in [3.8, 4) is 0 Å². The summed E-state index contributed by atoms with van der Waals surface area (Å²) in [4.78, 5) is 120. The molecule has 584 valence electrons. The maximum absolute atomic E-state index is 15.5. The Morgan fingerprint density at radius 3 is 0.981 bits per heavy atom. The number of aliphatic hydroxyl groups excluding tert-OH is 14. The number of carbonyl (C=O) groups is 8. The number of ketones is 4. The third-order valence-corrected chi connectivity index (χ3v) is 24.0. The minimum atomic E-state index is -2.28. The van der Waals surface area contributed by atoms with E-state index in [1.54, 1.807) is 27.7 Å². The lowest BCUT2D eigenvalue weighted by Crippen LogP contribution is -2.59. The minimum absolute atomic E-state index is 0.175. The highest BCUT2D eigenvalue weighted by atomic mass is 16.7. The van der Waals surface area contributed by atoms with Gasteiger partial charge in [0.2, 0.25) is 23.1 Å². The number of rotatable bonds is 10. The molecule has 22 atom stereocenters. The van der Waals surface area contributed by atoms with Crippen molar-refractivity contribution in [3.63, 3.8) is 0 Å². The SMILES string of the molecule is C/C1=C\C=C\C2(C)C=C(CO[C@H]3O[C@H](CO)[C@H](O)[C@H](O)[C@H]3O)C(C)CC23OC(=O)/C(=C(O)\C=C\C2(C)C=C(CO)C(C)CC24OC(=O)/C(=C(O)/C(C)=C/C=C/C2(C)C=C(CO[C@H]5O[C@H](CO)[C@H](O)[C@H](O)[C@H]5O)C(C)CC25OC(=O)/C(=C(O)\C=C\C2(C)C=C(CO)C(C)CC26OC(=O)C(=C1O)C6=O)C5=O)C4=O)C3=O. The lowest BCUT2D eigenvalue weighted by atomic mass is 9.60. The summed E-state index contributed by atoms with van der Waals surface area (Å²) in [6, 6.07) is 0. The Balaban J connectivity index is 1.07. The van der Waals surface area contributed by atoms with Gasteiger partial charge in [0, 0.05) is 25.7 Å². The average Bonchev–Trinajstić information content (AvgIpc) is 1.55. The van der Waals surface area contributed by atoms with Crippen molar-refractivity contribution < 1.29 is 148 Å². The Labute approximate surface area is 619 Å². The summed E-state index contributed by atoms with van der Waals surface area (Å²) in [6.45, 7) is 11.3. The molecule has 0 saturated carbocycles. The summed E-state index contributed by atoms with van der Waals surface area (Å²) < 4.78 is 47.6. The van der Waals surface area contributed by atoms with Crippen molar-refractivity contribution in [2.24, 2.45) is 45.3 Å². The molecule has 4 spiro atoms. The molecule has 6 saturated heterocycles. The number of hydrogen-bond donors (Lipinski definition) is 14. The molecule has 6 heterocycles. The van der Waals surface area contributed by atoms with Crippen LogP contribution < -0.4 is 0 Å². The van der Waals surface area contributed by atoms with E-state index < -0.39 is 261 Å². The molecule has 6 aliphatic heterocycles. The molecule has 6 fully saturated rings. The molecule has 0 aromatic rings. The van der Waals surface area contributed by atoms with Crippen LogP contribution in [0.1, 0.15) is 94.9 Å². The molecule has 8 bridgehead atoms. The predicted octanol–water partition coefficient (Wildman–Crippen LogP) is 2.33. The molecular weight excluding hydrogens is 1420 g/mol. The molecule has 0 aromatic carbocycles. The van der Waals surface area contributed by atoms with Gasteiger partial charge in [0.15, 0.2) is 35.0 Å². The van der Waals surface area contributed by atoms with Crippen LogP contribution in [0.15, 0.2) is 164 Å². The zero-order valence-corrected chi connectivity index (χ0v) is 61.0. The average molecular weight is 1510 g/mol. The van der Waals surface area contributed by atoms with Crippen molar-refractivity contribution in [2.45, 2.75) is 179 Å². The maximum Gasteiger partial charge on any atom is 0.346 e. The van der Waals surface area contributed by atoms with Crippen molar-refractivity contribution in [1.82, 2.24) is 0 Å². The summed E-state index contributed by atoms with van der Waals surface area (Å²) in [5, 5.41) is 154. The van der Waals surface area contributed by atoms with Crippen LogP contribution in [0.2, 0.25) is 0 Å². The van der Waals surface area contributed by atoms with Gasteiger partial charge in [0.25, 0.3) is 0 Å². The second-order valence-electron chi connectivity index (χ2n) is 31.0. The molecule has 30 heteroatoms. The number of esters is 4. The van der Waals surface area contributed by atoms with Crippen molar-refractivity contribution in [3.05, 3.63) is 164 Å². The summed E-state index contributed by atoms with van der Waals surface area (Å²) in [5.41, 5.74) is -19.0. The molecule has 30 nitrogen and oxygen atoms in total. The first-order valence-corrected chi connectivity index (χ1v) is 35.5. The number of allylic oxidation sites excluding steroid dienone is 8. The largest absolute Gasteiger partial charge is 0.507 e. The Hall–Kier alpha value is -8.44. The van der Waals surface area contributed by atoms with Gasteiger partial charge in [0.05, 0.1) is 61.3 Å². The fraction of sp³-hybridized carbons (Fsp3) is 0.538. The first-order valence-electron chi connectivity index (χ1n) is 35.5. The highest BCUT2D eigenvalue weighted by Gasteiger charge is 2.69. The Morgan fingerprint density at radius 2 is 0.676 bits per heavy atom. The third kappa shape index (κ3) is 12.7. The van der Waals surface area contributed by atoms with E-state index in [0.29, 0.717) is 22.3 Å². The minimum Gasteiger partial charge on any atom is -0.507 e. The van der Waals surface area contributed by atoms with Gasteiger partial charge in [-0.15, -0.1) is 0 Å². The van der Waals surface area contributed by atoms with Crippen LogP contribution in [-0.4, -0.2) is 242 Å². The van der Waals surface area contributed by atoms with Crippen LogP contribution >= 0.6 is 0 Å². The summed E-state index contributed by atoms with van der Waals surface area (Å²) >= 11 is 0. The van der Waals surface area contributed by atoms with E-state index in [-0.39, 0.29) is 36.8 Å². The van der Waals surface area contributed by atoms with E-state index in [2.05, 4.69) is 0 Å². The van der Waals surface area contributed by atoms with Gasteiger partial charge in [-0.1, -0.05) is 101 Å². The maximum atomic E-state index is 15.5. The first-order chi connectivity index (χ1) is 50.6. The molecule has 11 aliphatic rings. The second-order valence-corrected chi connectivity index (χ2v) is 31.0. The van der Waals surface area contributed by atoms with Crippen LogP contribution in [0, 0.1) is 45.3 Å². The van der Waals surface area contributed by atoms with Gasteiger partial charge in [-0.05, 0) is 111 Å². The number of fused-ring (bicyclic) bond motifs is 4. The van der Waals surface area contributed by atoms with Crippen LogP contribution in [0.3, 0.4) is 0 Å². The lowest BCUT2D eigenvalue weighted by Gasteiger charge is -2.46. The Bertz CT molecular complexity index is 4030. The number of hydrogen-bond acceptors (Lipinski definition) is 30. The molecule has 0 amide bonds. The van der Waals surface area contributed by atoms with Gasteiger partial charge in [0.1, 0.15) is 94.2 Å². The van der Waals surface area contributed by atoms with E-state index in [0.717, 1.165) is 12.2 Å². The first kappa shape index (κ1) is 80.6. The normalized spacial score (nSPS) is 45.4. The van der Waals surface area contributed by atoms with E-state index in [9.17, 15) is 90.7 Å². The predicted molar refractivity (Wildman–Crippen MR) is 372 cm³/mol. The van der Waals surface area contributed by atoms with E-state index in [1.165, 1.54) is 114 Å². The molecule has 12 unspecified atom stereocenters. The zero-order chi connectivity index (χ0) is 79.4. The summed E-state index contributed by atoms with van der Waals surface area (Å²) in [7, 11) is 0. The molecule has 108 heavy (non-hydrogen) atoms. The second kappa shape index (κ2) is 29.1. The summed E-state index contributed by atoms with van der Waals surface area (Å²) in [6.07, 6.45) is -0.393. The van der Waals surface area contributed by atoms with Crippen LogP contribution in [0.5, 0.6) is 0 Å². The van der Waals surface area contributed by atoms with Gasteiger partial charge in [-0.25, -0.2) is 19.2 Å². The summed E-state index contributed by atoms with van der Waals surface area (Å²) in [5.74, 6) is -16.4. The highest BCUT2D eigenvalue weighted by molar-refractivity contribution is 6.29. The number of Topliss-reactive ketones (excluding diaryl/α,β-unsaturated/α-hetero) is 4. The van der Waals surface area contributed by atoms with Crippen molar-refractivity contribution >= 4 is 47.0 Å². The topological polar surface area (TPSA) is 494 Å². The fourth-order valence-corrected chi connectivity index (χ4v) is 17.0. The van der Waals surface area contributed by atoms with Gasteiger partial charge in [-0.2, -0.15) is 0 Å². The van der Waals surface area contributed by atoms with Crippen molar-refractivity contribution in [1.29, 1.82) is 0 Å². The number of ether oxygens (including phenoxy) is 8. The molecular formula is C78H92O30. The number of carbonyl (C=O) groups excluding carboxylic acids is 8. The van der Waals surface area contributed by atoms with E-state index in [4.69, 9.17) is 37.9 Å². The molecule has 0 radical (unpaired) electrons. The standard InChI is InChI=1S/C78H92O30/c1-35-13-11-17-71(7)27-43(33-101-69-59(91)57(89)55(87)47(31-81)103-69)39(5)23-75(71)61(93)49(65(97)105-75)46(84)16-20-74(10)26-42(30-80)38(4)22-78(74)64(96)52(68(100)108-78)54(86)36(2)14-12-18-72(8)28-44(34-102-70-60(92)58(90)56(88)48(32-82)104-70)40(6)24-76(72)62(94)50(66(98)106-76)45(83)15-19-73(9)25-41(29-79)37(3)21-77(73)63(95)51(53(35)85)67(99)107-77/h11-20,25-28,37-40,47-48,55-60,69-70,79-92H,21-24,29-34H2,1-10H3/b17-11+,18-12+,19-15+,20-16+,35-13+,36-14+,49-46+,50-45+,53-51-,54-52?/t37?,38?,39?,40?,47-,48-,55+,56+,57+,58+,59-,60-,69+,70+,71?,72?,73?,74?,75?,76?,77?,78?/m1/s1. The van der Waals surface area contributed by atoms with Crippen molar-refractivity contribution in [2.75, 3.05) is 39.6 Å². The van der Waals surface area contributed by atoms with Crippen LogP contribution in [-0.2, 0) is 76.3 Å². The zero-order valence-electron chi connectivity index (χ0n) is 61.0. The number of aliphatic hydroxyl groups is 14. The van der Waals surface area contributed by atoms with Gasteiger partial charge < -0.3 is 109 Å². The smallest absolute Gasteiger partial charge is 0.346 e. The fourth-order valence-electron chi connectivity index (χ4n) is 17.0. The van der Waals surface area contributed by atoms with Gasteiger partial charge >= 0.3 is 23.9 Å². The molecule has 14 N–H and O–H groups in total. The molecule has 11 rings (SSSR count). The van der Waals surface area contributed by atoms with Crippen LogP contribution in [0.4, 0.5) is 0 Å². The molecule has 0 aromatic heterocycles. The Kier molecular flexibility index (Phi) is 21.7. The van der Waals surface area contributed by atoms with Crippen LogP contribution in [0.25, 0.3) is 0 Å². The third-order valence-electron chi connectivity index (χ3n) is 24.0. The lowest BCUT2D eigenvalue weighted by molar-refractivity contribution is -0.299. The molecule has 5 aliphatic carbocycles. The Morgan fingerprint density at radius 1 is 0.398 bits per heavy atom.